The third kappa shape index (κ3) is 16.1. The van der Waals surface area contributed by atoms with E-state index in [1.807, 2.05) is 36.4 Å². The van der Waals surface area contributed by atoms with Crippen LogP contribution in [-0.2, 0) is 48.6 Å². The molecule has 0 spiro atoms. The SMILES string of the molecule is C.C.C.C.COCC(COC)OC.COCn1c(=O)n(COC)c(=O)n(COC)c1=O.COc1ccc(C(c2ccc(OC)cc2)c2ccc(OC)cc2)cc1. The van der Waals surface area contributed by atoms with E-state index in [-0.39, 0.29) is 61.9 Å². The first-order chi connectivity index (χ1) is 25.2. The van der Waals surface area contributed by atoms with Crippen LogP contribution in [0.3, 0.4) is 0 Å². The second-order valence-electron chi connectivity index (χ2n) is 10.9. The molecule has 0 atom stereocenters. The molecule has 3 aromatic carbocycles. The lowest BCUT2D eigenvalue weighted by Crippen LogP contribution is -2.55. The Morgan fingerprint density at radius 1 is 0.411 bits per heavy atom. The molecule has 0 unspecified atom stereocenters. The molecular formula is C41H67N3O12. The fourth-order valence-corrected chi connectivity index (χ4v) is 4.92. The van der Waals surface area contributed by atoms with E-state index in [2.05, 4.69) is 36.4 Å². The van der Waals surface area contributed by atoms with Gasteiger partial charge in [0.05, 0.1) is 34.5 Å². The lowest BCUT2D eigenvalue weighted by atomic mass is 9.85. The highest BCUT2D eigenvalue weighted by Gasteiger charge is 2.18. The quantitative estimate of drug-likeness (QED) is 0.121. The van der Waals surface area contributed by atoms with Gasteiger partial charge in [-0.2, -0.15) is 0 Å². The second-order valence-corrected chi connectivity index (χ2v) is 10.9. The van der Waals surface area contributed by atoms with Crippen LogP contribution >= 0.6 is 0 Å². The minimum absolute atomic E-state index is 0. The van der Waals surface area contributed by atoms with Gasteiger partial charge in [0.15, 0.2) is 0 Å². The van der Waals surface area contributed by atoms with Crippen LogP contribution in [0.15, 0.2) is 87.2 Å². The zero-order valence-corrected chi connectivity index (χ0v) is 31.4. The molecule has 0 bridgehead atoms. The largest absolute Gasteiger partial charge is 0.497 e. The first kappa shape index (κ1) is 55.6. The molecule has 0 fully saturated rings. The third-order valence-corrected chi connectivity index (χ3v) is 7.55. The predicted octanol–water partition coefficient (Wildman–Crippen LogP) is 5.71. The van der Waals surface area contributed by atoms with E-state index >= 15 is 0 Å². The van der Waals surface area contributed by atoms with Crippen molar-refractivity contribution in [2.24, 2.45) is 0 Å². The van der Waals surface area contributed by atoms with Gasteiger partial charge in [0.1, 0.15) is 43.5 Å². The lowest BCUT2D eigenvalue weighted by Gasteiger charge is -2.20. The topological polar surface area (TPSA) is 149 Å². The molecule has 4 rings (SSSR count). The molecule has 56 heavy (non-hydrogen) atoms. The Bertz CT molecular complexity index is 1520. The molecule has 0 saturated heterocycles. The summed E-state index contributed by atoms with van der Waals surface area (Å²) in [5, 5.41) is 0. The minimum Gasteiger partial charge on any atom is -0.497 e. The van der Waals surface area contributed by atoms with E-state index in [0.717, 1.165) is 30.9 Å². The third-order valence-electron chi connectivity index (χ3n) is 7.55. The monoisotopic (exact) mass is 793 g/mol. The van der Waals surface area contributed by atoms with Gasteiger partial charge in [-0.05, 0) is 53.1 Å². The summed E-state index contributed by atoms with van der Waals surface area (Å²) in [6.45, 7) is 0.400. The van der Waals surface area contributed by atoms with E-state index in [4.69, 9.17) is 42.6 Å². The van der Waals surface area contributed by atoms with Crippen LogP contribution in [0.25, 0.3) is 0 Å². The summed E-state index contributed by atoms with van der Waals surface area (Å²) in [6, 6.07) is 24.6. The van der Waals surface area contributed by atoms with Crippen molar-refractivity contribution in [1.82, 2.24) is 13.7 Å². The number of methoxy groups -OCH3 is 9. The number of benzene rings is 3. The van der Waals surface area contributed by atoms with Gasteiger partial charge >= 0.3 is 17.1 Å². The van der Waals surface area contributed by atoms with Crippen molar-refractivity contribution >= 4 is 0 Å². The molecule has 0 aliphatic heterocycles. The fraction of sp³-hybridized carbons (Fsp3) is 0.488. The lowest BCUT2D eigenvalue weighted by molar-refractivity contribution is -0.0178. The van der Waals surface area contributed by atoms with E-state index < -0.39 is 17.1 Å². The van der Waals surface area contributed by atoms with Gasteiger partial charge in [-0.1, -0.05) is 66.1 Å². The van der Waals surface area contributed by atoms with Crippen molar-refractivity contribution in [3.8, 4) is 17.2 Å². The molecule has 0 N–H and O–H groups in total. The van der Waals surface area contributed by atoms with Crippen LogP contribution in [0.2, 0.25) is 0 Å². The molecule has 15 nitrogen and oxygen atoms in total. The van der Waals surface area contributed by atoms with Crippen LogP contribution < -0.4 is 31.3 Å². The number of hydrogen-bond donors (Lipinski definition) is 0. The summed E-state index contributed by atoms with van der Waals surface area (Å²) in [5.74, 6) is 2.69. The van der Waals surface area contributed by atoms with E-state index in [1.165, 1.54) is 38.0 Å². The number of ether oxygens (including phenoxy) is 9. The summed E-state index contributed by atoms with van der Waals surface area (Å²) >= 11 is 0. The molecule has 0 saturated carbocycles. The maximum atomic E-state index is 11.9. The van der Waals surface area contributed by atoms with Gasteiger partial charge in [0, 0.05) is 48.6 Å². The van der Waals surface area contributed by atoms with Gasteiger partial charge in [-0.25, -0.2) is 28.1 Å². The predicted molar refractivity (Wildman–Crippen MR) is 222 cm³/mol. The fourth-order valence-electron chi connectivity index (χ4n) is 4.92. The summed E-state index contributed by atoms with van der Waals surface area (Å²) < 4.78 is 47.1. The smallest absolute Gasteiger partial charge is 0.340 e. The zero-order chi connectivity index (χ0) is 38.5. The summed E-state index contributed by atoms with van der Waals surface area (Å²) in [6.07, 6.45) is 0.0694. The molecule has 15 heteroatoms. The van der Waals surface area contributed by atoms with Gasteiger partial charge in [-0.15, -0.1) is 0 Å². The van der Waals surface area contributed by atoms with Crippen LogP contribution in [0.5, 0.6) is 17.2 Å². The molecule has 0 amide bonds. The van der Waals surface area contributed by atoms with Crippen LogP contribution in [0.1, 0.15) is 52.3 Å². The van der Waals surface area contributed by atoms with Gasteiger partial charge in [0.2, 0.25) is 0 Å². The van der Waals surface area contributed by atoms with Crippen molar-refractivity contribution in [2.45, 2.75) is 61.9 Å². The Labute approximate surface area is 333 Å². The molecule has 0 aliphatic carbocycles. The zero-order valence-electron chi connectivity index (χ0n) is 31.4. The highest BCUT2D eigenvalue weighted by atomic mass is 16.5. The Balaban J connectivity index is -0.000000803. The molecule has 318 valence electrons. The highest BCUT2D eigenvalue weighted by molar-refractivity contribution is 5.46. The van der Waals surface area contributed by atoms with Crippen molar-refractivity contribution in [3.63, 3.8) is 0 Å². The average Bonchev–Trinajstić information content (AvgIpc) is 3.18. The van der Waals surface area contributed by atoms with Gasteiger partial charge < -0.3 is 42.6 Å². The minimum atomic E-state index is -0.791. The summed E-state index contributed by atoms with van der Waals surface area (Å²) in [7, 11) is 14.0. The van der Waals surface area contributed by atoms with Gasteiger partial charge in [-0.3, -0.25) is 0 Å². The summed E-state index contributed by atoms with van der Waals surface area (Å²) in [5.41, 5.74) is 1.24. The van der Waals surface area contributed by atoms with E-state index in [1.54, 1.807) is 42.7 Å². The van der Waals surface area contributed by atoms with Crippen LogP contribution in [0.4, 0.5) is 0 Å². The second kappa shape index (κ2) is 30.4. The maximum Gasteiger partial charge on any atom is 0.340 e. The number of hydrogen-bond acceptors (Lipinski definition) is 12. The molecule has 1 heterocycles. The first-order valence-corrected chi connectivity index (χ1v) is 16.0. The average molecular weight is 794 g/mol. The molecule has 4 aromatic rings. The van der Waals surface area contributed by atoms with Crippen molar-refractivity contribution in [1.29, 1.82) is 0 Å². The van der Waals surface area contributed by atoms with Crippen molar-refractivity contribution < 1.29 is 42.6 Å². The number of aromatic nitrogens is 3. The normalized spacial score (nSPS) is 9.91. The van der Waals surface area contributed by atoms with Gasteiger partial charge in [0.25, 0.3) is 0 Å². The van der Waals surface area contributed by atoms with E-state index in [9.17, 15) is 14.4 Å². The number of rotatable bonds is 17. The molecular weight excluding hydrogens is 726 g/mol. The Kier molecular flexibility index (Phi) is 30.2. The maximum absolute atomic E-state index is 11.9. The Morgan fingerprint density at radius 2 is 0.661 bits per heavy atom. The van der Waals surface area contributed by atoms with Crippen LogP contribution in [-0.4, -0.2) is 97.0 Å². The molecule has 0 aliphatic rings. The summed E-state index contributed by atoms with van der Waals surface area (Å²) in [4.78, 5) is 35.6. The van der Waals surface area contributed by atoms with Crippen LogP contribution in [0, 0.1) is 0 Å². The van der Waals surface area contributed by atoms with E-state index in [0.29, 0.717) is 13.2 Å². The molecule has 0 radical (unpaired) electrons. The highest BCUT2D eigenvalue weighted by Crippen LogP contribution is 2.34. The van der Waals surface area contributed by atoms with Crippen molar-refractivity contribution in [3.05, 3.63) is 121 Å². The number of nitrogens with zero attached hydrogens (tertiary/aromatic N) is 3. The Morgan fingerprint density at radius 3 is 0.839 bits per heavy atom. The standard InChI is InChI=1S/C22H22O3.C9H15N3O6.C6H14O3.4CH4/c1-23-19-10-4-16(5-11-19)22(17-6-12-20(24-2)13-7-17)18-8-14-21(25-3)15-9-18;1-16-4-10-7(13)11(5-17-2)9(15)12(6-18-3)8(10)14;1-7-4-6(9-3)5-8-2;;;;/h4-15,22H,1-3H3;4-6H2,1-3H3;6H,4-5H2,1-3H3;4*1H4. The van der Waals surface area contributed by atoms with Crippen molar-refractivity contribution in [2.75, 3.05) is 77.2 Å². The first-order valence-electron chi connectivity index (χ1n) is 16.0. The molecule has 1 aromatic heterocycles. The Hall–Kier alpha value is -4.77.